The number of hydrogen-bond acceptors (Lipinski definition) is 3. The van der Waals surface area contributed by atoms with Gasteiger partial charge in [-0.1, -0.05) is 25.1 Å². The molecule has 3 heteroatoms. The van der Waals surface area contributed by atoms with Crippen LogP contribution in [0.4, 0.5) is 0 Å². The fourth-order valence-electron chi connectivity index (χ4n) is 1.20. The monoisotopic (exact) mass is 192 g/mol. The number of esters is 1. The molecule has 1 aromatic rings. The molecular formula is C11H12O3. The molecule has 0 fully saturated rings. The maximum atomic E-state index is 11.4. The van der Waals surface area contributed by atoms with Gasteiger partial charge in [-0.2, -0.15) is 0 Å². The Bertz CT molecular complexity index is 320. The molecule has 0 radical (unpaired) electrons. The topological polar surface area (TPSA) is 43.4 Å². The number of benzene rings is 1. The number of ketones is 1. The molecule has 1 rings (SSSR count). The van der Waals surface area contributed by atoms with E-state index in [-0.39, 0.29) is 5.78 Å². The average molecular weight is 192 g/mol. The predicted molar refractivity (Wildman–Crippen MR) is 52.4 cm³/mol. The van der Waals surface area contributed by atoms with E-state index in [1.807, 2.05) is 0 Å². The zero-order valence-corrected chi connectivity index (χ0v) is 8.24. The second-order valence-corrected chi connectivity index (χ2v) is 2.81. The fourth-order valence-corrected chi connectivity index (χ4v) is 1.20. The third-order valence-electron chi connectivity index (χ3n) is 1.95. The van der Waals surface area contributed by atoms with E-state index in [0.29, 0.717) is 17.5 Å². The maximum Gasteiger partial charge on any atom is 0.338 e. The van der Waals surface area contributed by atoms with Gasteiger partial charge in [-0.25, -0.2) is 4.79 Å². The van der Waals surface area contributed by atoms with Crippen LogP contribution in [-0.4, -0.2) is 18.9 Å². The summed E-state index contributed by atoms with van der Waals surface area (Å²) in [5.41, 5.74) is 0.767. The predicted octanol–water partition coefficient (Wildman–Crippen LogP) is 2.07. The lowest BCUT2D eigenvalue weighted by Gasteiger charge is -2.04. The van der Waals surface area contributed by atoms with Gasteiger partial charge in [0.1, 0.15) is 0 Å². The highest BCUT2D eigenvalue weighted by atomic mass is 16.5. The minimum atomic E-state index is -0.470. The summed E-state index contributed by atoms with van der Waals surface area (Å²) in [6.07, 6.45) is 0.383. The molecule has 0 bridgehead atoms. The second kappa shape index (κ2) is 4.56. The van der Waals surface area contributed by atoms with Crippen molar-refractivity contribution in [3.8, 4) is 0 Å². The molecule has 0 heterocycles. The molecule has 0 unspecified atom stereocenters. The lowest BCUT2D eigenvalue weighted by molar-refractivity contribution is 0.0597. The van der Waals surface area contributed by atoms with E-state index >= 15 is 0 Å². The summed E-state index contributed by atoms with van der Waals surface area (Å²) in [6.45, 7) is 1.76. The van der Waals surface area contributed by atoms with Crippen molar-refractivity contribution in [3.63, 3.8) is 0 Å². The maximum absolute atomic E-state index is 11.4. The van der Waals surface area contributed by atoms with Crippen LogP contribution in [0, 0.1) is 0 Å². The molecule has 0 N–H and O–H groups in total. The van der Waals surface area contributed by atoms with Crippen molar-refractivity contribution >= 4 is 11.8 Å². The Hall–Kier alpha value is -1.64. The van der Waals surface area contributed by atoms with Crippen molar-refractivity contribution < 1.29 is 14.3 Å². The van der Waals surface area contributed by atoms with Crippen molar-refractivity contribution in [2.75, 3.05) is 7.11 Å². The molecular weight excluding hydrogens is 180 g/mol. The van der Waals surface area contributed by atoms with E-state index in [2.05, 4.69) is 4.74 Å². The molecule has 14 heavy (non-hydrogen) atoms. The SMILES string of the molecule is CCC(=O)c1ccccc1C(=O)OC. The third-order valence-corrected chi connectivity index (χ3v) is 1.95. The highest BCUT2D eigenvalue weighted by Gasteiger charge is 2.14. The minimum absolute atomic E-state index is 0.0500. The lowest BCUT2D eigenvalue weighted by atomic mass is 10.0. The summed E-state index contributed by atoms with van der Waals surface area (Å²) >= 11 is 0. The molecule has 0 amide bonds. The van der Waals surface area contributed by atoms with Crippen LogP contribution in [0.5, 0.6) is 0 Å². The highest BCUT2D eigenvalue weighted by molar-refractivity contribution is 6.06. The van der Waals surface area contributed by atoms with Gasteiger partial charge in [-0.15, -0.1) is 0 Å². The van der Waals surface area contributed by atoms with E-state index in [1.54, 1.807) is 31.2 Å². The quantitative estimate of drug-likeness (QED) is 0.544. The van der Waals surface area contributed by atoms with Gasteiger partial charge in [0.05, 0.1) is 12.7 Å². The van der Waals surface area contributed by atoms with Crippen LogP contribution in [0.2, 0.25) is 0 Å². The number of rotatable bonds is 3. The molecule has 3 nitrogen and oxygen atoms in total. The Morgan fingerprint density at radius 1 is 1.21 bits per heavy atom. The van der Waals surface area contributed by atoms with Gasteiger partial charge >= 0.3 is 5.97 Å². The average Bonchev–Trinajstić information content (AvgIpc) is 2.27. The van der Waals surface area contributed by atoms with Crippen LogP contribution < -0.4 is 0 Å². The summed E-state index contributed by atoms with van der Waals surface area (Å²) in [4.78, 5) is 22.7. The number of methoxy groups -OCH3 is 1. The number of carbonyl (C=O) groups is 2. The molecule has 0 aromatic heterocycles. The Morgan fingerprint density at radius 2 is 1.79 bits per heavy atom. The minimum Gasteiger partial charge on any atom is -0.465 e. The Morgan fingerprint density at radius 3 is 2.29 bits per heavy atom. The first-order valence-electron chi connectivity index (χ1n) is 4.41. The molecule has 0 aliphatic rings. The van der Waals surface area contributed by atoms with Gasteiger partial charge in [0, 0.05) is 12.0 Å². The molecule has 0 spiro atoms. The molecule has 1 aromatic carbocycles. The van der Waals surface area contributed by atoms with Crippen LogP contribution in [0.25, 0.3) is 0 Å². The van der Waals surface area contributed by atoms with Crippen LogP contribution in [0.1, 0.15) is 34.1 Å². The molecule has 0 saturated heterocycles. The standard InChI is InChI=1S/C11H12O3/c1-3-10(12)8-6-4-5-7-9(8)11(13)14-2/h4-7H,3H2,1-2H3. The summed E-state index contributed by atoms with van der Waals surface area (Å²) in [5.74, 6) is -0.520. The summed E-state index contributed by atoms with van der Waals surface area (Å²) in [7, 11) is 1.30. The summed E-state index contributed by atoms with van der Waals surface area (Å²) in [6, 6.07) is 6.67. The second-order valence-electron chi connectivity index (χ2n) is 2.81. The summed E-state index contributed by atoms with van der Waals surface area (Å²) in [5, 5.41) is 0. The van der Waals surface area contributed by atoms with E-state index < -0.39 is 5.97 Å². The first-order valence-corrected chi connectivity index (χ1v) is 4.41. The Kier molecular flexibility index (Phi) is 3.40. The smallest absolute Gasteiger partial charge is 0.338 e. The number of ether oxygens (including phenoxy) is 1. The van der Waals surface area contributed by atoms with Gasteiger partial charge < -0.3 is 4.74 Å². The molecule has 0 aliphatic heterocycles. The Balaban J connectivity index is 3.15. The van der Waals surface area contributed by atoms with Crippen LogP contribution in [-0.2, 0) is 4.74 Å². The zero-order chi connectivity index (χ0) is 10.6. The number of hydrogen-bond donors (Lipinski definition) is 0. The van der Waals surface area contributed by atoms with Crippen LogP contribution >= 0.6 is 0 Å². The number of carbonyl (C=O) groups excluding carboxylic acids is 2. The van der Waals surface area contributed by atoms with Gasteiger partial charge in [0.2, 0.25) is 0 Å². The molecule has 0 saturated carbocycles. The van der Waals surface area contributed by atoms with Crippen LogP contribution in [0.15, 0.2) is 24.3 Å². The largest absolute Gasteiger partial charge is 0.465 e. The van der Waals surface area contributed by atoms with Gasteiger partial charge in [0.25, 0.3) is 0 Å². The number of Topliss-reactive ketones (excluding diaryl/α,β-unsaturated/α-hetero) is 1. The van der Waals surface area contributed by atoms with E-state index in [0.717, 1.165) is 0 Å². The zero-order valence-electron chi connectivity index (χ0n) is 8.24. The van der Waals surface area contributed by atoms with Crippen molar-refractivity contribution in [2.45, 2.75) is 13.3 Å². The van der Waals surface area contributed by atoms with E-state index in [1.165, 1.54) is 7.11 Å². The van der Waals surface area contributed by atoms with E-state index in [4.69, 9.17) is 0 Å². The Labute approximate surface area is 82.7 Å². The van der Waals surface area contributed by atoms with Crippen molar-refractivity contribution in [2.24, 2.45) is 0 Å². The molecule has 74 valence electrons. The molecule has 0 aliphatic carbocycles. The van der Waals surface area contributed by atoms with Gasteiger partial charge in [-0.05, 0) is 6.07 Å². The first kappa shape index (κ1) is 10.4. The fraction of sp³-hybridized carbons (Fsp3) is 0.273. The van der Waals surface area contributed by atoms with Crippen molar-refractivity contribution in [3.05, 3.63) is 35.4 Å². The molecule has 0 atom stereocenters. The van der Waals surface area contributed by atoms with Gasteiger partial charge in [-0.3, -0.25) is 4.79 Å². The van der Waals surface area contributed by atoms with Crippen molar-refractivity contribution in [1.82, 2.24) is 0 Å². The third kappa shape index (κ3) is 1.99. The highest BCUT2D eigenvalue weighted by Crippen LogP contribution is 2.12. The first-order chi connectivity index (χ1) is 6.70. The summed E-state index contributed by atoms with van der Waals surface area (Å²) < 4.78 is 4.58. The van der Waals surface area contributed by atoms with Crippen LogP contribution in [0.3, 0.4) is 0 Å². The van der Waals surface area contributed by atoms with Gasteiger partial charge in [0.15, 0.2) is 5.78 Å². The van der Waals surface area contributed by atoms with E-state index in [9.17, 15) is 9.59 Å². The van der Waals surface area contributed by atoms with Crippen molar-refractivity contribution in [1.29, 1.82) is 0 Å². The lowest BCUT2D eigenvalue weighted by Crippen LogP contribution is -2.09. The normalized spacial score (nSPS) is 9.57.